The summed E-state index contributed by atoms with van der Waals surface area (Å²) in [7, 11) is 0. The van der Waals surface area contributed by atoms with Crippen molar-refractivity contribution in [3.8, 4) is 5.75 Å². The monoisotopic (exact) mass is 300 g/mol. The molecular formula is C17H20N2O3. The van der Waals surface area contributed by atoms with Gasteiger partial charge in [0.25, 0.3) is 5.69 Å². The van der Waals surface area contributed by atoms with Crippen LogP contribution >= 0.6 is 0 Å². The van der Waals surface area contributed by atoms with Crippen LogP contribution in [0.15, 0.2) is 48.5 Å². The minimum Gasteiger partial charge on any atom is -0.489 e. The van der Waals surface area contributed by atoms with Gasteiger partial charge in [-0.3, -0.25) is 10.1 Å². The lowest BCUT2D eigenvalue weighted by molar-refractivity contribution is -0.384. The van der Waals surface area contributed by atoms with E-state index in [0.29, 0.717) is 24.9 Å². The van der Waals surface area contributed by atoms with Crippen LogP contribution in [0, 0.1) is 10.1 Å². The number of nitro groups is 1. The summed E-state index contributed by atoms with van der Waals surface area (Å²) in [6.07, 6.45) is 0. The average Bonchev–Trinajstić information content (AvgIpc) is 2.52. The molecule has 0 aliphatic rings. The molecule has 116 valence electrons. The summed E-state index contributed by atoms with van der Waals surface area (Å²) in [5.41, 5.74) is 1.93. The molecule has 2 aromatic carbocycles. The number of hydrogen-bond donors (Lipinski definition) is 1. The molecule has 2 rings (SSSR count). The second kappa shape index (κ2) is 7.56. The third-order valence-corrected chi connectivity index (χ3v) is 3.19. The lowest BCUT2D eigenvalue weighted by Crippen LogP contribution is -2.22. The van der Waals surface area contributed by atoms with Gasteiger partial charge < -0.3 is 10.1 Å². The zero-order valence-electron chi connectivity index (χ0n) is 12.8. The largest absolute Gasteiger partial charge is 0.489 e. The first-order chi connectivity index (χ1) is 10.6. The van der Waals surface area contributed by atoms with E-state index < -0.39 is 0 Å². The van der Waals surface area contributed by atoms with Gasteiger partial charge in [-0.05, 0) is 11.6 Å². The van der Waals surface area contributed by atoms with E-state index >= 15 is 0 Å². The first kappa shape index (κ1) is 16.0. The van der Waals surface area contributed by atoms with Crippen molar-refractivity contribution in [3.05, 3.63) is 69.8 Å². The molecule has 0 unspecified atom stereocenters. The van der Waals surface area contributed by atoms with E-state index in [1.807, 2.05) is 44.2 Å². The third-order valence-electron chi connectivity index (χ3n) is 3.19. The van der Waals surface area contributed by atoms with Gasteiger partial charge in [0, 0.05) is 30.3 Å². The number of hydrogen-bond acceptors (Lipinski definition) is 4. The summed E-state index contributed by atoms with van der Waals surface area (Å²) in [6.45, 7) is 5.03. The average molecular weight is 300 g/mol. The highest BCUT2D eigenvalue weighted by Crippen LogP contribution is 2.25. The Labute approximate surface area is 130 Å². The van der Waals surface area contributed by atoms with Crippen LogP contribution in [0.1, 0.15) is 25.0 Å². The van der Waals surface area contributed by atoms with Gasteiger partial charge in [0.1, 0.15) is 12.4 Å². The Morgan fingerprint density at radius 3 is 2.55 bits per heavy atom. The molecule has 0 radical (unpaired) electrons. The highest BCUT2D eigenvalue weighted by Gasteiger charge is 2.12. The van der Waals surface area contributed by atoms with Crippen molar-refractivity contribution in [2.24, 2.45) is 0 Å². The minimum atomic E-state index is -0.389. The van der Waals surface area contributed by atoms with Crippen molar-refractivity contribution < 1.29 is 9.66 Å². The number of nitrogens with one attached hydrogen (secondary N) is 1. The van der Waals surface area contributed by atoms with Crippen LogP contribution in [0.25, 0.3) is 0 Å². The lowest BCUT2D eigenvalue weighted by Gasteiger charge is -2.14. The molecule has 1 N–H and O–H groups in total. The molecular weight excluding hydrogens is 280 g/mol. The maximum Gasteiger partial charge on any atom is 0.270 e. The zero-order chi connectivity index (χ0) is 15.9. The second-order valence-corrected chi connectivity index (χ2v) is 5.36. The SMILES string of the molecule is CC(C)NCc1cc([N+](=O)[O-])ccc1OCc1ccccc1. The van der Waals surface area contributed by atoms with E-state index in [4.69, 9.17) is 4.74 Å². The molecule has 22 heavy (non-hydrogen) atoms. The van der Waals surface area contributed by atoms with Crippen LogP contribution in [0.2, 0.25) is 0 Å². The molecule has 0 heterocycles. The highest BCUT2D eigenvalue weighted by atomic mass is 16.6. The van der Waals surface area contributed by atoms with Crippen molar-refractivity contribution in [2.75, 3.05) is 0 Å². The third kappa shape index (κ3) is 4.56. The highest BCUT2D eigenvalue weighted by molar-refractivity contribution is 5.44. The Morgan fingerprint density at radius 1 is 1.18 bits per heavy atom. The summed E-state index contributed by atoms with van der Waals surface area (Å²) in [6, 6.07) is 14.8. The van der Waals surface area contributed by atoms with E-state index in [1.165, 1.54) is 6.07 Å². The van der Waals surface area contributed by atoms with Gasteiger partial charge in [0.05, 0.1) is 4.92 Å². The molecule has 5 heteroatoms. The fraction of sp³-hybridized carbons (Fsp3) is 0.294. The first-order valence-electron chi connectivity index (χ1n) is 7.23. The number of ether oxygens (including phenoxy) is 1. The predicted octanol–water partition coefficient (Wildman–Crippen LogP) is 3.67. The number of nitrogens with zero attached hydrogens (tertiary/aromatic N) is 1. The van der Waals surface area contributed by atoms with Crippen molar-refractivity contribution in [1.29, 1.82) is 0 Å². The van der Waals surface area contributed by atoms with E-state index in [-0.39, 0.29) is 10.6 Å². The molecule has 0 saturated heterocycles. The van der Waals surface area contributed by atoms with Crippen molar-refractivity contribution in [3.63, 3.8) is 0 Å². The van der Waals surface area contributed by atoms with Crippen LogP contribution in [0.3, 0.4) is 0 Å². The second-order valence-electron chi connectivity index (χ2n) is 5.36. The number of nitro benzene ring substituents is 1. The maximum atomic E-state index is 10.9. The summed E-state index contributed by atoms with van der Waals surface area (Å²) < 4.78 is 5.83. The van der Waals surface area contributed by atoms with Crippen LogP contribution in [0.4, 0.5) is 5.69 Å². The molecule has 0 bridgehead atoms. The summed E-state index contributed by atoms with van der Waals surface area (Å²) >= 11 is 0. The molecule has 0 aromatic heterocycles. The molecule has 0 atom stereocenters. The standard InChI is InChI=1S/C17H20N2O3/c1-13(2)18-11-15-10-16(19(20)21)8-9-17(15)22-12-14-6-4-3-5-7-14/h3-10,13,18H,11-12H2,1-2H3. The van der Waals surface area contributed by atoms with Gasteiger partial charge in [-0.15, -0.1) is 0 Å². The van der Waals surface area contributed by atoms with Crippen LogP contribution in [0.5, 0.6) is 5.75 Å². The Kier molecular flexibility index (Phi) is 5.49. The summed E-state index contributed by atoms with van der Waals surface area (Å²) in [5.74, 6) is 0.669. The quantitative estimate of drug-likeness (QED) is 0.626. The van der Waals surface area contributed by atoms with Gasteiger partial charge in [0.15, 0.2) is 0 Å². The van der Waals surface area contributed by atoms with E-state index in [9.17, 15) is 10.1 Å². The van der Waals surface area contributed by atoms with E-state index in [2.05, 4.69) is 5.32 Å². The topological polar surface area (TPSA) is 64.4 Å². The van der Waals surface area contributed by atoms with Gasteiger partial charge in [0.2, 0.25) is 0 Å². The number of benzene rings is 2. The van der Waals surface area contributed by atoms with Crippen LogP contribution < -0.4 is 10.1 Å². The lowest BCUT2D eigenvalue weighted by atomic mass is 10.1. The molecule has 0 aliphatic heterocycles. The molecule has 0 aliphatic carbocycles. The summed E-state index contributed by atoms with van der Waals surface area (Å²) in [4.78, 5) is 10.5. The normalized spacial score (nSPS) is 10.7. The summed E-state index contributed by atoms with van der Waals surface area (Å²) in [5, 5.41) is 14.2. The molecule has 0 spiro atoms. The first-order valence-corrected chi connectivity index (χ1v) is 7.23. The van der Waals surface area contributed by atoms with Gasteiger partial charge in [-0.1, -0.05) is 44.2 Å². The van der Waals surface area contributed by atoms with Crippen molar-refractivity contribution >= 4 is 5.69 Å². The fourth-order valence-corrected chi connectivity index (χ4v) is 2.01. The Bertz CT molecular complexity index is 627. The van der Waals surface area contributed by atoms with Gasteiger partial charge in [-0.25, -0.2) is 0 Å². The van der Waals surface area contributed by atoms with E-state index in [1.54, 1.807) is 12.1 Å². The Morgan fingerprint density at radius 2 is 1.91 bits per heavy atom. The Hall–Kier alpha value is -2.40. The van der Waals surface area contributed by atoms with Crippen LogP contribution in [-0.4, -0.2) is 11.0 Å². The Balaban J connectivity index is 2.15. The molecule has 0 fully saturated rings. The van der Waals surface area contributed by atoms with Crippen molar-refractivity contribution in [2.45, 2.75) is 33.0 Å². The van der Waals surface area contributed by atoms with Gasteiger partial charge in [-0.2, -0.15) is 0 Å². The van der Waals surface area contributed by atoms with E-state index in [0.717, 1.165) is 11.1 Å². The number of non-ortho nitro benzene ring substituents is 1. The fourth-order valence-electron chi connectivity index (χ4n) is 2.01. The van der Waals surface area contributed by atoms with Crippen LogP contribution in [-0.2, 0) is 13.2 Å². The molecule has 2 aromatic rings. The van der Waals surface area contributed by atoms with Gasteiger partial charge >= 0.3 is 0 Å². The van der Waals surface area contributed by atoms with Crippen molar-refractivity contribution in [1.82, 2.24) is 5.32 Å². The molecule has 5 nitrogen and oxygen atoms in total. The predicted molar refractivity (Wildman–Crippen MR) is 85.8 cm³/mol. The minimum absolute atomic E-state index is 0.0765. The zero-order valence-corrected chi connectivity index (χ0v) is 12.8. The molecule has 0 amide bonds. The maximum absolute atomic E-state index is 10.9. The molecule has 0 saturated carbocycles. The number of rotatable bonds is 7. The smallest absolute Gasteiger partial charge is 0.270 e.